The van der Waals surface area contributed by atoms with Crippen molar-refractivity contribution in [2.24, 2.45) is 0 Å². The number of hydrogen-bond donors (Lipinski definition) is 2. The molecule has 0 radical (unpaired) electrons. The zero-order valence-corrected chi connectivity index (χ0v) is 13.3. The average Bonchev–Trinajstić information content (AvgIpc) is 2.84. The Bertz CT molecular complexity index is 692. The highest BCUT2D eigenvalue weighted by Gasteiger charge is 2.25. The zero-order chi connectivity index (χ0) is 15.7. The number of benzene rings is 1. The number of aromatic nitrogens is 3. The Morgan fingerprint density at radius 3 is 3.00 bits per heavy atom. The van der Waals surface area contributed by atoms with Gasteiger partial charge in [-0.3, -0.25) is 0 Å². The summed E-state index contributed by atoms with van der Waals surface area (Å²) in [5.74, 6) is 1.54. The highest BCUT2D eigenvalue weighted by Crippen LogP contribution is 2.26. The molecular formula is C15H18ClN5O. The molecule has 1 unspecified atom stereocenters. The van der Waals surface area contributed by atoms with Gasteiger partial charge in [-0.05, 0) is 38.3 Å². The number of rotatable bonds is 2. The molecule has 2 heterocycles. The van der Waals surface area contributed by atoms with Crippen molar-refractivity contribution in [1.82, 2.24) is 20.1 Å². The van der Waals surface area contributed by atoms with Crippen LogP contribution in [0.5, 0.6) is 0 Å². The summed E-state index contributed by atoms with van der Waals surface area (Å²) in [7, 11) is 0. The van der Waals surface area contributed by atoms with Crippen molar-refractivity contribution < 1.29 is 4.79 Å². The van der Waals surface area contributed by atoms with Gasteiger partial charge in [0.25, 0.3) is 0 Å². The smallest absolute Gasteiger partial charge is 0.319 e. The van der Waals surface area contributed by atoms with E-state index in [-0.39, 0.29) is 12.1 Å². The lowest BCUT2D eigenvalue weighted by molar-refractivity contribution is 0.244. The van der Waals surface area contributed by atoms with Gasteiger partial charge in [0.2, 0.25) is 0 Å². The standard InChI is InChI=1S/C15H18ClN5O/c1-9-5-3-6-11(16)13(9)19-15(22)18-12-7-4-8-21-14(12)17-10(2)20-21/h3,5-6,12H,4,7-8H2,1-2H3,(H2,18,19,22). The van der Waals surface area contributed by atoms with E-state index in [4.69, 9.17) is 11.6 Å². The highest BCUT2D eigenvalue weighted by molar-refractivity contribution is 6.33. The molecule has 1 aliphatic rings. The van der Waals surface area contributed by atoms with Gasteiger partial charge in [-0.25, -0.2) is 14.5 Å². The number of urea groups is 1. The first kappa shape index (κ1) is 14.8. The van der Waals surface area contributed by atoms with Crippen LogP contribution in [-0.2, 0) is 6.54 Å². The SMILES string of the molecule is Cc1nc2n(n1)CCCC2NC(=O)Nc1c(C)cccc1Cl. The summed E-state index contributed by atoms with van der Waals surface area (Å²) in [5.41, 5.74) is 1.56. The fourth-order valence-corrected chi connectivity index (χ4v) is 2.97. The Labute approximate surface area is 133 Å². The van der Waals surface area contributed by atoms with Gasteiger partial charge < -0.3 is 10.6 Å². The first-order valence-corrected chi connectivity index (χ1v) is 7.66. The summed E-state index contributed by atoms with van der Waals surface area (Å²) in [6, 6.07) is 5.10. The molecule has 116 valence electrons. The van der Waals surface area contributed by atoms with Gasteiger partial charge in [0.15, 0.2) is 0 Å². The van der Waals surface area contributed by atoms with Crippen LogP contribution in [0.25, 0.3) is 0 Å². The second-order valence-electron chi connectivity index (χ2n) is 5.47. The van der Waals surface area contributed by atoms with E-state index < -0.39 is 0 Å². The maximum Gasteiger partial charge on any atom is 0.319 e. The molecular weight excluding hydrogens is 302 g/mol. The van der Waals surface area contributed by atoms with Gasteiger partial charge >= 0.3 is 6.03 Å². The molecule has 3 rings (SSSR count). The molecule has 2 N–H and O–H groups in total. The van der Waals surface area contributed by atoms with Crippen LogP contribution < -0.4 is 10.6 Å². The maximum absolute atomic E-state index is 12.3. The van der Waals surface area contributed by atoms with E-state index >= 15 is 0 Å². The quantitative estimate of drug-likeness (QED) is 0.892. The van der Waals surface area contributed by atoms with E-state index in [1.165, 1.54) is 0 Å². The molecule has 1 aromatic carbocycles. The van der Waals surface area contributed by atoms with Crippen molar-refractivity contribution in [2.75, 3.05) is 5.32 Å². The Hall–Kier alpha value is -2.08. The lowest BCUT2D eigenvalue weighted by Gasteiger charge is -2.23. The number of fused-ring (bicyclic) bond motifs is 1. The van der Waals surface area contributed by atoms with Crippen LogP contribution in [0.15, 0.2) is 18.2 Å². The van der Waals surface area contributed by atoms with Crippen LogP contribution in [0.1, 0.15) is 36.1 Å². The lowest BCUT2D eigenvalue weighted by Crippen LogP contribution is -2.36. The van der Waals surface area contributed by atoms with E-state index in [1.54, 1.807) is 6.07 Å². The molecule has 2 amide bonds. The molecule has 7 heteroatoms. The number of amides is 2. The van der Waals surface area contributed by atoms with Crippen LogP contribution in [0.2, 0.25) is 5.02 Å². The van der Waals surface area contributed by atoms with Gasteiger partial charge in [0.1, 0.15) is 11.6 Å². The summed E-state index contributed by atoms with van der Waals surface area (Å²) in [5, 5.41) is 10.6. The third kappa shape index (κ3) is 2.92. The third-order valence-corrected chi connectivity index (χ3v) is 4.06. The molecule has 2 aromatic rings. The minimum Gasteiger partial charge on any atom is -0.328 e. The first-order valence-electron chi connectivity index (χ1n) is 7.28. The minimum absolute atomic E-state index is 0.127. The van der Waals surface area contributed by atoms with Crippen LogP contribution >= 0.6 is 11.6 Å². The molecule has 0 spiro atoms. The normalized spacial score (nSPS) is 17.0. The molecule has 1 aromatic heterocycles. The van der Waals surface area contributed by atoms with E-state index in [1.807, 2.05) is 30.7 Å². The van der Waals surface area contributed by atoms with Crippen LogP contribution in [0.4, 0.5) is 10.5 Å². The number of para-hydroxylation sites is 1. The van der Waals surface area contributed by atoms with Crippen molar-refractivity contribution in [3.63, 3.8) is 0 Å². The van der Waals surface area contributed by atoms with Gasteiger partial charge in [-0.1, -0.05) is 23.7 Å². The van der Waals surface area contributed by atoms with E-state index in [9.17, 15) is 4.79 Å². The van der Waals surface area contributed by atoms with Gasteiger partial charge in [0, 0.05) is 6.54 Å². The summed E-state index contributed by atoms with van der Waals surface area (Å²) in [6.07, 6.45) is 1.82. The number of aryl methyl sites for hydroxylation is 3. The third-order valence-electron chi connectivity index (χ3n) is 3.75. The Morgan fingerprint density at radius 1 is 1.41 bits per heavy atom. The molecule has 22 heavy (non-hydrogen) atoms. The van der Waals surface area contributed by atoms with Crippen molar-refractivity contribution >= 4 is 23.3 Å². The highest BCUT2D eigenvalue weighted by atomic mass is 35.5. The fourth-order valence-electron chi connectivity index (χ4n) is 2.70. The van der Waals surface area contributed by atoms with E-state index in [0.717, 1.165) is 36.6 Å². The molecule has 6 nitrogen and oxygen atoms in total. The zero-order valence-electron chi connectivity index (χ0n) is 12.6. The van der Waals surface area contributed by atoms with Crippen molar-refractivity contribution in [1.29, 1.82) is 0 Å². The molecule has 0 saturated heterocycles. The largest absolute Gasteiger partial charge is 0.328 e. The molecule has 1 atom stereocenters. The maximum atomic E-state index is 12.3. The molecule has 1 aliphatic heterocycles. The van der Waals surface area contributed by atoms with Crippen molar-refractivity contribution in [3.05, 3.63) is 40.4 Å². The predicted molar refractivity (Wildman–Crippen MR) is 85.1 cm³/mol. The minimum atomic E-state index is -0.282. The van der Waals surface area contributed by atoms with E-state index in [0.29, 0.717) is 10.7 Å². The first-order chi connectivity index (χ1) is 10.5. The molecule has 0 bridgehead atoms. The summed E-state index contributed by atoms with van der Waals surface area (Å²) >= 11 is 6.13. The number of carbonyl (C=O) groups excluding carboxylic acids is 1. The Morgan fingerprint density at radius 2 is 2.23 bits per heavy atom. The Kier molecular flexibility index (Phi) is 4.02. The van der Waals surface area contributed by atoms with Gasteiger partial charge in [-0.15, -0.1) is 0 Å². The Balaban J connectivity index is 1.73. The van der Waals surface area contributed by atoms with Crippen molar-refractivity contribution in [3.8, 4) is 0 Å². The van der Waals surface area contributed by atoms with E-state index in [2.05, 4.69) is 20.7 Å². The number of nitrogens with one attached hydrogen (secondary N) is 2. The number of hydrogen-bond acceptors (Lipinski definition) is 3. The summed E-state index contributed by atoms with van der Waals surface area (Å²) < 4.78 is 1.87. The second kappa shape index (κ2) is 5.96. The second-order valence-corrected chi connectivity index (χ2v) is 5.87. The van der Waals surface area contributed by atoms with Crippen LogP contribution in [0.3, 0.4) is 0 Å². The van der Waals surface area contributed by atoms with Crippen LogP contribution in [0, 0.1) is 13.8 Å². The predicted octanol–water partition coefficient (Wildman–Crippen LogP) is 3.20. The average molecular weight is 320 g/mol. The number of halogens is 1. The number of anilines is 1. The van der Waals surface area contributed by atoms with Gasteiger partial charge in [-0.2, -0.15) is 5.10 Å². The fraction of sp³-hybridized carbons (Fsp3) is 0.400. The topological polar surface area (TPSA) is 71.8 Å². The summed E-state index contributed by atoms with van der Waals surface area (Å²) in [6.45, 7) is 4.61. The summed E-state index contributed by atoms with van der Waals surface area (Å²) in [4.78, 5) is 16.7. The van der Waals surface area contributed by atoms with Crippen LogP contribution in [-0.4, -0.2) is 20.8 Å². The molecule has 0 aliphatic carbocycles. The number of nitrogens with zero attached hydrogens (tertiary/aromatic N) is 3. The lowest BCUT2D eigenvalue weighted by atomic mass is 10.1. The molecule has 0 fully saturated rings. The monoisotopic (exact) mass is 319 g/mol. The number of carbonyl (C=O) groups is 1. The molecule has 0 saturated carbocycles. The van der Waals surface area contributed by atoms with Gasteiger partial charge in [0.05, 0.1) is 16.8 Å². The van der Waals surface area contributed by atoms with Crippen molar-refractivity contribution in [2.45, 2.75) is 39.3 Å².